The van der Waals surface area contributed by atoms with E-state index >= 15 is 0 Å². The monoisotopic (exact) mass is 200 g/mol. The Kier molecular flexibility index (Phi) is 7.81. The van der Waals surface area contributed by atoms with Crippen LogP contribution in [0.5, 0.6) is 0 Å². The van der Waals surface area contributed by atoms with Gasteiger partial charge in [0.05, 0.1) is 12.7 Å². The molecule has 2 atom stereocenters. The van der Waals surface area contributed by atoms with E-state index in [1.807, 2.05) is 6.08 Å². The first-order valence-electron chi connectivity index (χ1n) is 5.47. The van der Waals surface area contributed by atoms with Gasteiger partial charge in [-0.2, -0.15) is 0 Å². The molecule has 0 aromatic carbocycles. The quantitative estimate of drug-likeness (QED) is 0.640. The predicted octanol–water partition coefficient (Wildman–Crippen LogP) is 2.77. The van der Waals surface area contributed by atoms with Crippen molar-refractivity contribution in [1.82, 2.24) is 0 Å². The number of unbranched alkanes of at least 4 members (excludes halogenated alkanes) is 1. The number of aliphatic hydroxyl groups excluding tert-OH is 1. The van der Waals surface area contributed by atoms with Gasteiger partial charge in [0.2, 0.25) is 0 Å². The van der Waals surface area contributed by atoms with Crippen molar-refractivity contribution in [3.05, 3.63) is 11.6 Å². The molecule has 0 bridgehead atoms. The molecule has 84 valence electrons. The first-order valence-corrected chi connectivity index (χ1v) is 5.47. The van der Waals surface area contributed by atoms with Gasteiger partial charge in [-0.15, -0.1) is 0 Å². The Morgan fingerprint density at radius 2 is 2.14 bits per heavy atom. The number of methoxy groups -OCH3 is 1. The van der Waals surface area contributed by atoms with Crippen molar-refractivity contribution in [1.29, 1.82) is 0 Å². The molecular weight excluding hydrogens is 176 g/mol. The van der Waals surface area contributed by atoms with Crippen molar-refractivity contribution in [2.24, 2.45) is 5.92 Å². The van der Waals surface area contributed by atoms with E-state index in [1.54, 1.807) is 7.11 Å². The SMILES string of the molecule is CCCCC(OC)C(C)/C(C)=C/CO. The molecule has 0 saturated heterocycles. The Balaban J connectivity index is 4.15. The van der Waals surface area contributed by atoms with E-state index in [4.69, 9.17) is 9.84 Å². The van der Waals surface area contributed by atoms with E-state index in [1.165, 1.54) is 18.4 Å². The lowest BCUT2D eigenvalue weighted by Gasteiger charge is -2.23. The van der Waals surface area contributed by atoms with Crippen molar-refractivity contribution >= 4 is 0 Å². The fourth-order valence-electron chi connectivity index (χ4n) is 1.60. The third-order valence-electron chi connectivity index (χ3n) is 2.83. The summed E-state index contributed by atoms with van der Waals surface area (Å²) in [5, 5.41) is 8.80. The van der Waals surface area contributed by atoms with Crippen molar-refractivity contribution < 1.29 is 9.84 Å². The smallest absolute Gasteiger partial charge is 0.0633 e. The largest absolute Gasteiger partial charge is 0.392 e. The molecule has 0 amide bonds. The second-order valence-electron chi connectivity index (χ2n) is 3.84. The summed E-state index contributed by atoms with van der Waals surface area (Å²) in [4.78, 5) is 0. The molecule has 0 saturated carbocycles. The Hall–Kier alpha value is -0.340. The molecule has 0 aromatic rings. The van der Waals surface area contributed by atoms with Gasteiger partial charge in [0.1, 0.15) is 0 Å². The van der Waals surface area contributed by atoms with Gasteiger partial charge in [0.15, 0.2) is 0 Å². The van der Waals surface area contributed by atoms with Gasteiger partial charge in [0.25, 0.3) is 0 Å². The molecular formula is C12H24O2. The maximum Gasteiger partial charge on any atom is 0.0633 e. The van der Waals surface area contributed by atoms with E-state index in [0.29, 0.717) is 5.92 Å². The summed E-state index contributed by atoms with van der Waals surface area (Å²) < 4.78 is 5.46. The summed E-state index contributed by atoms with van der Waals surface area (Å²) in [6, 6.07) is 0. The van der Waals surface area contributed by atoms with Crippen LogP contribution in [-0.2, 0) is 4.74 Å². The zero-order valence-electron chi connectivity index (χ0n) is 9.92. The molecule has 0 heterocycles. The molecule has 0 fully saturated rings. The third kappa shape index (κ3) is 4.77. The lowest BCUT2D eigenvalue weighted by Crippen LogP contribution is -2.21. The summed E-state index contributed by atoms with van der Waals surface area (Å²) in [5.41, 5.74) is 1.22. The second-order valence-corrected chi connectivity index (χ2v) is 3.84. The van der Waals surface area contributed by atoms with Crippen LogP contribution in [0, 0.1) is 5.92 Å². The highest BCUT2D eigenvalue weighted by Gasteiger charge is 2.17. The van der Waals surface area contributed by atoms with Crippen molar-refractivity contribution in [3.63, 3.8) is 0 Å². The molecule has 1 N–H and O–H groups in total. The second kappa shape index (κ2) is 8.01. The number of ether oxygens (including phenoxy) is 1. The number of rotatable bonds is 7. The number of hydrogen-bond donors (Lipinski definition) is 1. The van der Waals surface area contributed by atoms with Crippen LogP contribution in [0.1, 0.15) is 40.0 Å². The van der Waals surface area contributed by atoms with Crippen LogP contribution in [0.3, 0.4) is 0 Å². The van der Waals surface area contributed by atoms with Crippen LogP contribution >= 0.6 is 0 Å². The molecule has 2 unspecified atom stereocenters. The van der Waals surface area contributed by atoms with Gasteiger partial charge in [-0.1, -0.05) is 38.3 Å². The Labute approximate surface area is 88.0 Å². The third-order valence-corrected chi connectivity index (χ3v) is 2.83. The molecule has 0 aliphatic carbocycles. The lowest BCUT2D eigenvalue weighted by molar-refractivity contribution is 0.0617. The standard InChI is InChI=1S/C12H24O2/c1-5-6-7-12(14-4)11(3)10(2)8-9-13/h8,11-13H,5-7,9H2,1-4H3/b10-8+. The molecule has 0 aliphatic heterocycles. The fourth-order valence-corrected chi connectivity index (χ4v) is 1.60. The van der Waals surface area contributed by atoms with Crippen LogP contribution in [-0.4, -0.2) is 24.9 Å². The average Bonchev–Trinajstić information content (AvgIpc) is 2.19. The number of aliphatic hydroxyl groups is 1. The minimum absolute atomic E-state index is 0.125. The van der Waals surface area contributed by atoms with Gasteiger partial charge in [-0.05, 0) is 13.3 Å². The molecule has 0 aromatic heterocycles. The molecule has 0 spiro atoms. The van der Waals surface area contributed by atoms with Crippen LogP contribution < -0.4 is 0 Å². The number of hydrogen-bond acceptors (Lipinski definition) is 2. The van der Waals surface area contributed by atoms with E-state index in [9.17, 15) is 0 Å². The first kappa shape index (κ1) is 13.7. The fraction of sp³-hybridized carbons (Fsp3) is 0.833. The summed E-state index contributed by atoms with van der Waals surface area (Å²) in [6.07, 6.45) is 5.66. The first-order chi connectivity index (χ1) is 6.67. The highest BCUT2D eigenvalue weighted by Crippen LogP contribution is 2.20. The summed E-state index contributed by atoms with van der Waals surface area (Å²) in [5.74, 6) is 0.402. The molecule has 0 radical (unpaired) electrons. The minimum atomic E-state index is 0.125. The molecule has 14 heavy (non-hydrogen) atoms. The van der Waals surface area contributed by atoms with Crippen molar-refractivity contribution in [2.45, 2.75) is 46.1 Å². The van der Waals surface area contributed by atoms with E-state index in [0.717, 1.165) is 6.42 Å². The summed E-state index contributed by atoms with van der Waals surface area (Å²) in [6.45, 7) is 6.53. The van der Waals surface area contributed by atoms with Crippen LogP contribution in [0.25, 0.3) is 0 Å². The topological polar surface area (TPSA) is 29.5 Å². The summed E-state index contributed by atoms with van der Waals surface area (Å²) >= 11 is 0. The van der Waals surface area contributed by atoms with Crippen LogP contribution in [0.15, 0.2) is 11.6 Å². The zero-order valence-corrected chi connectivity index (χ0v) is 9.92. The molecule has 0 rings (SSSR count). The summed E-state index contributed by atoms with van der Waals surface area (Å²) in [7, 11) is 1.77. The van der Waals surface area contributed by atoms with Gasteiger partial charge < -0.3 is 9.84 Å². The van der Waals surface area contributed by atoms with Crippen molar-refractivity contribution in [3.8, 4) is 0 Å². The van der Waals surface area contributed by atoms with E-state index in [2.05, 4.69) is 20.8 Å². The van der Waals surface area contributed by atoms with Gasteiger partial charge >= 0.3 is 0 Å². The average molecular weight is 200 g/mol. The van der Waals surface area contributed by atoms with E-state index < -0.39 is 0 Å². The Morgan fingerprint density at radius 1 is 1.50 bits per heavy atom. The van der Waals surface area contributed by atoms with Gasteiger partial charge in [-0.3, -0.25) is 0 Å². The maximum atomic E-state index is 8.80. The van der Waals surface area contributed by atoms with Gasteiger partial charge in [-0.25, -0.2) is 0 Å². The van der Waals surface area contributed by atoms with Crippen LogP contribution in [0.2, 0.25) is 0 Å². The highest BCUT2D eigenvalue weighted by atomic mass is 16.5. The predicted molar refractivity (Wildman–Crippen MR) is 60.3 cm³/mol. The molecule has 2 heteroatoms. The molecule has 0 aliphatic rings. The normalized spacial score (nSPS) is 16.8. The molecule has 2 nitrogen and oxygen atoms in total. The Morgan fingerprint density at radius 3 is 2.57 bits per heavy atom. The minimum Gasteiger partial charge on any atom is -0.392 e. The maximum absolute atomic E-state index is 8.80. The van der Waals surface area contributed by atoms with Crippen molar-refractivity contribution in [2.75, 3.05) is 13.7 Å². The van der Waals surface area contributed by atoms with E-state index in [-0.39, 0.29) is 12.7 Å². The van der Waals surface area contributed by atoms with Crippen LogP contribution in [0.4, 0.5) is 0 Å². The Bertz CT molecular complexity index is 164. The van der Waals surface area contributed by atoms with Gasteiger partial charge in [0, 0.05) is 13.0 Å². The highest BCUT2D eigenvalue weighted by molar-refractivity contribution is 5.04. The lowest BCUT2D eigenvalue weighted by atomic mass is 9.92. The zero-order chi connectivity index (χ0) is 11.0.